The van der Waals surface area contributed by atoms with E-state index in [1.165, 1.54) is 11.3 Å². The van der Waals surface area contributed by atoms with E-state index in [1.807, 2.05) is 5.38 Å². The number of aromatic nitrogens is 5. The average molecular weight is 244 g/mol. The zero-order chi connectivity index (χ0) is 11.7. The van der Waals surface area contributed by atoms with Crippen molar-refractivity contribution >= 4 is 17.2 Å². The zero-order valence-electron chi connectivity index (χ0n) is 8.66. The fourth-order valence-corrected chi connectivity index (χ4v) is 2.25. The van der Waals surface area contributed by atoms with E-state index >= 15 is 0 Å². The maximum Gasteiger partial charge on any atom is 0.129 e. The van der Waals surface area contributed by atoms with E-state index in [1.54, 1.807) is 24.8 Å². The number of nitrogens with one attached hydrogen (secondary N) is 1. The Kier molecular flexibility index (Phi) is 2.30. The molecule has 0 saturated heterocycles. The fourth-order valence-electron chi connectivity index (χ4n) is 1.41. The summed E-state index contributed by atoms with van der Waals surface area (Å²) in [6.45, 7) is 0. The van der Waals surface area contributed by atoms with Crippen LogP contribution in [0.4, 0.5) is 5.82 Å². The van der Waals surface area contributed by atoms with Gasteiger partial charge in [-0.05, 0) is 0 Å². The molecular formula is C10H8N6S. The smallest absolute Gasteiger partial charge is 0.129 e. The van der Waals surface area contributed by atoms with Crippen LogP contribution in [-0.2, 0) is 0 Å². The van der Waals surface area contributed by atoms with E-state index in [4.69, 9.17) is 5.73 Å². The van der Waals surface area contributed by atoms with Crippen LogP contribution in [0, 0.1) is 0 Å². The van der Waals surface area contributed by atoms with Gasteiger partial charge < -0.3 is 5.73 Å². The number of thiazole rings is 1. The molecule has 0 aliphatic heterocycles. The third-order valence-electron chi connectivity index (χ3n) is 2.23. The first-order valence-electron chi connectivity index (χ1n) is 4.86. The van der Waals surface area contributed by atoms with Crippen LogP contribution in [0.15, 0.2) is 30.2 Å². The quantitative estimate of drug-likeness (QED) is 0.713. The molecule has 0 fully saturated rings. The topological polar surface area (TPSA) is 93.4 Å². The van der Waals surface area contributed by atoms with E-state index in [0.29, 0.717) is 5.82 Å². The predicted molar refractivity (Wildman–Crippen MR) is 65.1 cm³/mol. The number of hydrogen-bond acceptors (Lipinski definition) is 6. The van der Waals surface area contributed by atoms with Gasteiger partial charge in [-0.2, -0.15) is 5.10 Å². The number of H-pyrrole nitrogens is 1. The lowest BCUT2D eigenvalue weighted by atomic mass is 10.3. The van der Waals surface area contributed by atoms with Crippen molar-refractivity contribution in [3.05, 3.63) is 30.2 Å². The summed E-state index contributed by atoms with van der Waals surface area (Å²) in [5.41, 5.74) is 8.09. The Balaban J connectivity index is 2.02. The van der Waals surface area contributed by atoms with Crippen LogP contribution >= 0.6 is 11.3 Å². The van der Waals surface area contributed by atoms with Crippen molar-refractivity contribution < 1.29 is 0 Å². The number of rotatable bonds is 2. The van der Waals surface area contributed by atoms with Gasteiger partial charge in [0.05, 0.1) is 18.0 Å². The second-order valence-corrected chi connectivity index (χ2v) is 4.18. The van der Waals surface area contributed by atoms with Gasteiger partial charge in [-0.1, -0.05) is 0 Å². The molecule has 3 aromatic heterocycles. The Morgan fingerprint density at radius 3 is 2.82 bits per heavy atom. The van der Waals surface area contributed by atoms with E-state index in [9.17, 15) is 0 Å². The highest BCUT2D eigenvalue weighted by atomic mass is 32.1. The second-order valence-electron chi connectivity index (χ2n) is 3.33. The van der Waals surface area contributed by atoms with Crippen molar-refractivity contribution in [3.8, 4) is 22.0 Å². The van der Waals surface area contributed by atoms with Gasteiger partial charge >= 0.3 is 0 Å². The molecule has 3 aromatic rings. The first-order chi connectivity index (χ1) is 8.34. The molecule has 84 valence electrons. The molecule has 3 rings (SSSR count). The molecule has 0 spiro atoms. The fraction of sp³-hybridized carbons (Fsp3) is 0. The third kappa shape index (κ3) is 1.76. The second kappa shape index (κ2) is 3.95. The minimum atomic E-state index is 0.519. The highest BCUT2D eigenvalue weighted by Crippen LogP contribution is 2.29. The van der Waals surface area contributed by atoms with Crippen LogP contribution in [0.3, 0.4) is 0 Å². The van der Waals surface area contributed by atoms with Crippen LogP contribution < -0.4 is 5.73 Å². The van der Waals surface area contributed by atoms with Gasteiger partial charge in [-0.3, -0.25) is 15.1 Å². The molecule has 3 heterocycles. The first-order valence-corrected chi connectivity index (χ1v) is 5.73. The Morgan fingerprint density at radius 2 is 2.12 bits per heavy atom. The van der Waals surface area contributed by atoms with Crippen LogP contribution in [-0.4, -0.2) is 25.1 Å². The lowest BCUT2D eigenvalue weighted by Crippen LogP contribution is -1.88. The molecule has 0 atom stereocenters. The van der Waals surface area contributed by atoms with Gasteiger partial charge in [0.1, 0.15) is 22.2 Å². The van der Waals surface area contributed by atoms with Crippen molar-refractivity contribution in [3.63, 3.8) is 0 Å². The third-order valence-corrected chi connectivity index (χ3v) is 3.10. The van der Waals surface area contributed by atoms with Gasteiger partial charge in [0.2, 0.25) is 0 Å². The lowest BCUT2D eigenvalue weighted by Gasteiger charge is -1.93. The molecule has 0 saturated carbocycles. The van der Waals surface area contributed by atoms with E-state index in [0.717, 1.165) is 22.0 Å². The van der Waals surface area contributed by atoms with Crippen molar-refractivity contribution in [2.75, 3.05) is 5.73 Å². The van der Waals surface area contributed by atoms with Gasteiger partial charge in [0.25, 0.3) is 0 Å². The molecule has 0 aromatic carbocycles. The number of nitrogens with two attached hydrogens (primary N) is 1. The van der Waals surface area contributed by atoms with Gasteiger partial charge in [-0.25, -0.2) is 4.98 Å². The zero-order valence-corrected chi connectivity index (χ0v) is 9.48. The SMILES string of the molecule is Nc1[nH]ncc1-c1nc(-c2cnccn2)cs1. The van der Waals surface area contributed by atoms with Crippen LogP contribution in [0.25, 0.3) is 22.0 Å². The number of nitrogens with zero attached hydrogens (tertiary/aromatic N) is 4. The molecule has 0 aliphatic carbocycles. The highest BCUT2D eigenvalue weighted by Gasteiger charge is 2.11. The van der Waals surface area contributed by atoms with E-state index < -0.39 is 0 Å². The summed E-state index contributed by atoms with van der Waals surface area (Å²) in [4.78, 5) is 12.7. The monoisotopic (exact) mass is 244 g/mol. The summed E-state index contributed by atoms with van der Waals surface area (Å²) >= 11 is 1.50. The highest BCUT2D eigenvalue weighted by molar-refractivity contribution is 7.13. The molecule has 0 aliphatic rings. The first kappa shape index (κ1) is 9.91. The summed E-state index contributed by atoms with van der Waals surface area (Å²) in [7, 11) is 0. The molecule has 17 heavy (non-hydrogen) atoms. The predicted octanol–water partition coefficient (Wildman–Crippen LogP) is 1.57. The van der Waals surface area contributed by atoms with E-state index in [-0.39, 0.29) is 0 Å². The minimum Gasteiger partial charge on any atom is -0.383 e. The summed E-state index contributed by atoms with van der Waals surface area (Å²) < 4.78 is 0. The van der Waals surface area contributed by atoms with Gasteiger partial charge in [0, 0.05) is 17.8 Å². The standard InChI is InChI=1S/C10H8N6S/c11-9-6(3-14-16-9)10-15-8(5-17-10)7-4-12-1-2-13-7/h1-5H,(H3,11,14,16). The Labute approximate surface area is 101 Å². The molecule has 0 radical (unpaired) electrons. The lowest BCUT2D eigenvalue weighted by molar-refractivity contribution is 1.10. The molecule has 3 N–H and O–H groups in total. The van der Waals surface area contributed by atoms with Gasteiger partial charge in [-0.15, -0.1) is 11.3 Å². The van der Waals surface area contributed by atoms with Crippen LogP contribution in [0.1, 0.15) is 0 Å². The molecule has 6 nitrogen and oxygen atoms in total. The molecular weight excluding hydrogens is 236 g/mol. The molecule has 0 unspecified atom stereocenters. The number of nitrogen functional groups attached to an aromatic ring is 1. The van der Waals surface area contributed by atoms with Crippen LogP contribution in [0.5, 0.6) is 0 Å². The van der Waals surface area contributed by atoms with Crippen LogP contribution in [0.2, 0.25) is 0 Å². The molecule has 7 heteroatoms. The Hall–Kier alpha value is -2.28. The molecule has 0 bridgehead atoms. The number of hydrogen-bond donors (Lipinski definition) is 2. The summed E-state index contributed by atoms with van der Waals surface area (Å²) in [6.07, 6.45) is 6.61. The Morgan fingerprint density at radius 1 is 1.18 bits per heavy atom. The van der Waals surface area contributed by atoms with Crippen molar-refractivity contribution in [2.24, 2.45) is 0 Å². The van der Waals surface area contributed by atoms with Crippen molar-refractivity contribution in [2.45, 2.75) is 0 Å². The number of anilines is 1. The summed E-state index contributed by atoms with van der Waals surface area (Å²) in [5.74, 6) is 0.519. The summed E-state index contributed by atoms with van der Waals surface area (Å²) in [6, 6.07) is 0. The maximum absolute atomic E-state index is 5.74. The maximum atomic E-state index is 5.74. The average Bonchev–Trinajstić information content (AvgIpc) is 2.98. The Bertz CT molecular complexity index is 629. The largest absolute Gasteiger partial charge is 0.383 e. The van der Waals surface area contributed by atoms with Crippen molar-refractivity contribution in [1.82, 2.24) is 25.1 Å². The summed E-state index contributed by atoms with van der Waals surface area (Å²) in [5, 5.41) is 9.29. The minimum absolute atomic E-state index is 0.519. The van der Waals surface area contributed by atoms with E-state index in [2.05, 4.69) is 25.1 Å². The number of aromatic amines is 1. The van der Waals surface area contributed by atoms with Crippen molar-refractivity contribution in [1.29, 1.82) is 0 Å². The molecule has 0 amide bonds. The van der Waals surface area contributed by atoms with Gasteiger partial charge in [0.15, 0.2) is 0 Å². The normalized spacial score (nSPS) is 10.6.